The highest BCUT2D eigenvalue weighted by Gasteiger charge is 2.24. The van der Waals surface area contributed by atoms with Crippen LogP contribution >= 0.6 is 23.1 Å². The molecular weight excluding hydrogens is 396 g/mol. The summed E-state index contributed by atoms with van der Waals surface area (Å²) in [6.45, 7) is 2.68. The first-order valence-corrected chi connectivity index (χ1v) is 11.0. The zero-order valence-electron chi connectivity index (χ0n) is 15.8. The Labute approximate surface area is 178 Å². The minimum atomic E-state index is 0.673. The molecule has 0 bridgehead atoms. The van der Waals surface area contributed by atoms with Crippen molar-refractivity contribution in [3.63, 3.8) is 0 Å². The Morgan fingerprint density at radius 2 is 1.45 bits per heavy atom. The molecule has 0 saturated carbocycles. The zero-order chi connectivity index (χ0) is 19.6. The van der Waals surface area contributed by atoms with E-state index in [-0.39, 0.29) is 0 Å². The van der Waals surface area contributed by atoms with Crippen LogP contribution in [-0.2, 0) is 6.54 Å². The number of benzene rings is 3. The number of fused-ring (bicyclic) bond motifs is 2. The third-order valence-electron chi connectivity index (χ3n) is 4.74. The molecule has 1 aliphatic heterocycles. The molecule has 5 rings (SSSR count). The van der Waals surface area contributed by atoms with Crippen LogP contribution in [0.4, 0.5) is 16.5 Å². The summed E-state index contributed by atoms with van der Waals surface area (Å²) in [5, 5.41) is 10.4. The van der Waals surface area contributed by atoms with Gasteiger partial charge in [0.15, 0.2) is 0 Å². The molecule has 4 aromatic rings. The Hall–Kier alpha value is -2.96. The predicted octanol–water partition coefficient (Wildman–Crippen LogP) is 6.48. The fraction of sp³-hybridized carbons (Fsp3) is 0.0870. The van der Waals surface area contributed by atoms with Gasteiger partial charge < -0.3 is 4.90 Å². The quantitative estimate of drug-likeness (QED) is 0.358. The molecule has 0 radical (unpaired) electrons. The predicted molar refractivity (Wildman–Crippen MR) is 121 cm³/mol. The number of anilines is 2. The normalized spacial score (nSPS) is 13.1. The molecule has 0 amide bonds. The second-order valence-corrected chi connectivity index (χ2v) is 8.79. The van der Waals surface area contributed by atoms with Crippen molar-refractivity contribution in [1.29, 1.82) is 0 Å². The number of nitrogens with zero attached hydrogens (tertiary/aromatic N) is 4. The Morgan fingerprint density at radius 1 is 0.828 bits per heavy atom. The maximum atomic E-state index is 4.67. The van der Waals surface area contributed by atoms with Crippen molar-refractivity contribution in [2.45, 2.75) is 23.3 Å². The Morgan fingerprint density at radius 3 is 2.14 bits per heavy atom. The second-order valence-electron chi connectivity index (χ2n) is 6.67. The van der Waals surface area contributed by atoms with Gasteiger partial charge in [-0.05, 0) is 36.8 Å². The van der Waals surface area contributed by atoms with Crippen LogP contribution in [0.15, 0.2) is 93.6 Å². The third kappa shape index (κ3) is 3.69. The first-order chi connectivity index (χ1) is 14.3. The fourth-order valence-corrected chi connectivity index (χ4v) is 5.17. The zero-order valence-corrected chi connectivity index (χ0v) is 17.5. The number of hydrogen-bond donors (Lipinski definition) is 0. The summed E-state index contributed by atoms with van der Waals surface area (Å²) in [6.07, 6.45) is 0. The van der Waals surface area contributed by atoms with Crippen molar-refractivity contribution in [1.82, 2.24) is 10.2 Å². The lowest BCUT2D eigenvalue weighted by atomic mass is 10.1. The first-order valence-electron chi connectivity index (χ1n) is 9.34. The van der Waals surface area contributed by atoms with E-state index in [1.807, 2.05) is 36.9 Å². The molecule has 4 nitrogen and oxygen atoms in total. The van der Waals surface area contributed by atoms with Gasteiger partial charge in [0.05, 0.1) is 17.9 Å². The molecule has 0 unspecified atom stereocenters. The lowest BCUT2D eigenvalue weighted by molar-refractivity contribution is 0.893. The van der Waals surface area contributed by atoms with Crippen LogP contribution in [0.2, 0.25) is 0 Å². The Bertz CT molecular complexity index is 1140. The SMILES string of the molecule is C/C(=N\c1nnc(CN2c3ccccc3Sc3ccccc32)s1)c1ccccc1. The molecule has 0 aliphatic carbocycles. The molecule has 142 valence electrons. The van der Waals surface area contributed by atoms with Crippen molar-refractivity contribution < 1.29 is 0 Å². The van der Waals surface area contributed by atoms with Gasteiger partial charge in [0.1, 0.15) is 5.01 Å². The smallest absolute Gasteiger partial charge is 0.231 e. The van der Waals surface area contributed by atoms with E-state index in [9.17, 15) is 0 Å². The highest BCUT2D eigenvalue weighted by atomic mass is 32.2. The molecule has 6 heteroatoms. The van der Waals surface area contributed by atoms with E-state index in [1.165, 1.54) is 21.2 Å². The Kier molecular flexibility index (Phi) is 4.87. The van der Waals surface area contributed by atoms with Gasteiger partial charge in [-0.1, -0.05) is 77.7 Å². The fourth-order valence-electron chi connectivity index (χ4n) is 3.33. The number of rotatable bonds is 4. The monoisotopic (exact) mass is 414 g/mol. The van der Waals surface area contributed by atoms with Crippen LogP contribution in [0.1, 0.15) is 17.5 Å². The van der Waals surface area contributed by atoms with Gasteiger partial charge in [0, 0.05) is 15.5 Å². The number of aliphatic imine (C=N–C) groups is 1. The average molecular weight is 415 g/mol. The highest BCUT2D eigenvalue weighted by Crippen LogP contribution is 2.48. The lowest BCUT2D eigenvalue weighted by Crippen LogP contribution is -2.20. The van der Waals surface area contributed by atoms with Crippen LogP contribution in [0, 0.1) is 0 Å². The summed E-state index contributed by atoms with van der Waals surface area (Å²) in [7, 11) is 0. The second kappa shape index (κ2) is 7.81. The number of hydrogen-bond acceptors (Lipinski definition) is 6. The summed E-state index contributed by atoms with van der Waals surface area (Å²) in [5.74, 6) is 0. The van der Waals surface area contributed by atoms with Gasteiger partial charge >= 0.3 is 0 Å². The van der Waals surface area contributed by atoms with E-state index in [1.54, 1.807) is 11.3 Å². The molecule has 1 aromatic heterocycles. The minimum Gasteiger partial charge on any atom is -0.333 e. The van der Waals surface area contributed by atoms with Gasteiger partial charge in [0.25, 0.3) is 0 Å². The molecule has 0 saturated heterocycles. The lowest BCUT2D eigenvalue weighted by Gasteiger charge is -2.31. The molecule has 1 aliphatic rings. The Balaban J connectivity index is 1.45. The van der Waals surface area contributed by atoms with Gasteiger partial charge in [-0.3, -0.25) is 0 Å². The summed E-state index contributed by atoms with van der Waals surface area (Å²) in [6, 6.07) is 27.2. The topological polar surface area (TPSA) is 41.4 Å². The molecule has 0 fully saturated rings. The van der Waals surface area contributed by atoms with E-state index in [0.717, 1.165) is 16.3 Å². The van der Waals surface area contributed by atoms with E-state index in [4.69, 9.17) is 0 Å². The average Bonchev–Trinajstić information content (AvgIpc) is 3.21. The molecule has 0 spiro atoms. The largest absolute Gasteiger partial charge is 0.333 e. The van der Waals surface area contributed by atoms with Crippen molar-refractivity contribution in [2.75, 3.05) is 4.90 Å². The van der Waals surface area contributed by atoms with Gasteiger partial charge in [-0.15, -0.1) is 10.2 Å². The van der Waals surface area contributed by atoms with Crippen molar-refractivity contribution >= 4 is 45.3 Å². The maximum absolute atomic E-state index is 4.67. The van der Waals surface area contributed by atoms with Crippen molar-refractivity contribution in [3.8, 4) is 0 Å². The van der Waals surface area contributed by atoms with Gasteiger partial charge in [-0.2, -0.15) is 0 Å². The molecule has 0 atom stereocenters. The number of para-hydroxylation sites is 2. The summed E-state index contributed by atoms with van der Waals surface area (Å²) in [4.78, 5) is 9.51. The van der Waals surface area contributed by atoms with Crippen molar-refractivity contribution in [2.24, 2.45) is 4.99 Å². The molecule has 0 N–H and O–H groups in total. The van der Waals surface area contributed by atoms with E-state index in [2.05, 4.69) is 80.8 Å². The first kappa shape index (κ1) is 18.1. The molecule has 29 heavy (non-hydrogen) atoms. The van der Waals surface area contributed by atoms with Crippen LogP contribution in [0.5, 0.6) is 0 Å². The third-order valence-corrected chi connectivity index (χ3v) is 6.67. The molecular formula is C23H18N4S2. The molecule has 2 heterocycles. The number of aromatic nitrogens is 2. The van der Waals surface area contributed by atoms with Crippen LogP contribution < -0.4 is 4.90 Å². The summed E-state index contributed by atoms with van der Waals surface area (Å²) in [5.41, 5.74) is 4.45. The summed E-state index contributed by atoms with van der Waals surface area (Å²) < 4.78 is 0. The van der Waals surface area contributed by atoms with E-state index >= 15 is 0 Å². The summed E-state index contributed by atoms with van der Waals surface area (Å²) >= 11 is 3.35. The molecule has 3 aromatic carbocycles. The van der Waals surface area contributed by atoms with Crippen LogP contribution in [0.3, 0.4) is 0 Å². The van der Waals surface area contributed by atoms with E-state index < -0.39 is 0 Å². The minimum absolute atomic E-state index is 0.673. The van der Waals surface area contributed by atoms with Gasteiger partial charge in [-0.25, -0.2) is 4.99 Å². The van der Waals surface area contributed by atoms with Crippen molar-refractivity contribution in [3.05, 3.63) is 89.4 Å². The maximum Gasteiger partial charge on any atom is 0.231 e. The van der Waals surface area contributed by atoms with Gasteiger partial charge in [0.2, 0.25) is 5.13 Å². The highest BCUT2D eigenvalue weighted by molar-refractivity contribution is 7.99. The van der Waals surface area contributed by atoms with Crippen LogP contribution in [-0.4, -0.2) is 15.9 Å². The standard InChI is InChI=1S/C23H18N4S2/c1-16(17-9-3-2-4-10-17)24-23-26-25-22(29-23)15-27-18-11-5-7-13-20(18)28-21-14-8-6-12-19(21)27/h2-14H,15H2,1H3/b24-16+. The van der Waals surface area contributed by atoms with E-state index in [0.29, 0.717) is 11.7 Å². The van der Waals surface area contributed by atoms with Crippen LogP contribution in [0.25, 0.3) is 0 Å².